The van der Waals surface area contributed by atoms with E-state index in [2.05, 4.69) is 4.98 Å². The summed E-state index contributed by atoms with van der Waals surface area (Å²) < 4.78 is 37.7. The number of hydrogen-bond acceptors (Lipinski definition) is 2. The Morgan fingerprint density at radius 1 is 1.33 bits per heavy atom. The molecule has 0 saturated heterocycles. The minimum absolute atomic E-state index is 0.243. The van der Waals surface area contributed by atoms with Crippen molar-refractivity contribution < 1.29 is 18.0 Å². The minimum Gasteiger partial charge on any atom is -0.302 e. The fourth-order valence-corrected chi connectivity index (χ4v) is 1.20. The predicted molar refractivity (Wildman–Crippen MR) is 48.3 cm³/mol. The van der Waals surface area contributed by atoms with Gasteiger partial charge in [-0.1, -0.05) is 0 Å². The Balaban J connectivity index is 3.37. The first-order chi connectivity index (χ1) is 6.79. The maximum absolute atomic E-state index is 12.6. The summed E-state index contributed by atoms with van der Waals surface area (Å²) in [4.78, 5) is 14.3. The van der Waals surface area contributed by atoms with Crippen molar-refractivity contribution in [3.05, 3.63) is 29.6 Å². The summed E-state index contributed by atoms with van der Waals surface area (Å²) in [6.45, 7) is 2.80. The van der Waals surface area contributed by atoms with Crippen LogP contribution in [-0.4, -0.2) is 11.3 Å². The Bertz CT molecular complexity index is 371. The molecule has 82 valence electrons. The number of pyridine rings is 1. The van der Waals surface area contributed by atoms with Gasteiger partial charge in [0.05, 0.1) is 16.7 Å². The van der Waals surface area contributed by atoms with Crippen LogP contribution in [-0.2, 0) is 16.4 Å². The molecule has 0 unspecified atom stereocenters. The molecule has 1 aromatic heterocycles. The summed E-state index contributed by atoms with van der Waals surface area (Å²) >= 11 is 0. The van der Waals surface area contributed by atoms with Gasteiger partial charge >= 0.3 is 6.18 Å². The molecule has 0 bridgehead atoms. The molecule has 1 aromatic rings. The highest BCUT2D eigenvalue weighted by molar-refractivity contribution is 5.67. The first kappa shape index (κ1) is 11.7. The van der Waals surface area contributed by atoms with Gasteiger partial charge in [0.15, 0.2) is 0 Å². The topological polar surface area (TPSA) is 30.0 Å². The molecule has 1 heterocycles. The number of hydrogen-bond donors (Lipinski definition) is 0. The number of rotatable bonds is 2. The van der Waals surface area contributed by atoms with Crippen molar-refractivity contribution in [2.45, 2.75) is 25.4 Å². The molecule has 0 aromatic carbocycles. The molecule has 15 heavy (non-hydrogen) atoms. The van der Waals surface area contributed by atoms with Crippen molar-refractivity contribution in [2.75, 3.05) is 0 Å². The van der Waals surface area contributed by atoms with E-state index in [1.165, 1.54) is 26.1 Å². The zero-order chi connectivity index (χ0) is 11.7. The number of nitrogens with zero attached hydrogens (tertiary/aromatic N) is 1. The molecular weight excluding hydrogens is 207 g/mol. The second-order valence-electron chi connectivity index (χ2n) is 3.74. The number of carbonyl (C=O) groups is 1. The van der Waals surface area contributed by atoms with E-state index in [9.17, 15) is 18.0 Å². The standard InChI is InChI=1S/C10H10F3NO/c1-9(2,6-15)8-7(10(11,12)13)4-3-5-14-8/h3-6H,1-2H3. The third kappa shape index (κ3) is 2.34. The SMILES string of the molecule is CC(C)(C=O)c1ncccc1C(F)(F)F. The first-order valence-electron chi connectivity index (χ1n) is 4.28. The van der Waals surface area contributed by atoms with Crippen LogP contribution in [0.4, 0.5) is 13.2 Å². The summed E-state index contributed by atoms with van der Waals surface area (Å²) in [5, 5.41) is 0. The third-order valence-electron chi connectivity index (χ3n) is 2.02. The Hall–Kier alpha value is -1.39. The van der Waals surface area contributed by atoms with Crippen LogP contribution >= 0.6 is 0 Å². The molecule has 0 atom stereocenters. The van der Waals surface area contributed by atoms with Crippen molar-refractivity contribution >= 4 is 6.29 Å². The Kier molecular flexibility index (Phi) is 2.83. The predicted octanol–water partition coefficient (Wildman–Crippen LogP) is 2.58. The molecule has 0 saturated carbocycles. The van der Waals surface area contributed by atoms with Crippen molar-refractivity contribution in [1.82, 2.24) is 4.98 Å². The fraction of sp³-hybridized carbons (Fsp3) is 0.400. The highest BCUT2D eigenvalue weighted by Crippen LogP contribution is 2.35. The summed E-state index contributed by atoms with van der Waals surface area (Å²) in [7, 11) is 0. The molecule has 1 rings (SSSR count). The van der Waals surface area contributed by atoms with E-state index < -0.39 is 17.2 Å². The lowest BCUT2D eigenvalue weighted by molar-refractivity contribution is -0.139. The van der Waals surface area contributed by atoms with Crippen LogP contribution in [0.15, 0.2) is 18.3 Å². The number of carbonyl (C=O) groups excluding carboxylic acids is 1. The molecule has 2 nitrogen and oxygen atoms in total. The maximum Gasteiger partial charge on any atom is 0.418 e. The molecule has 0 fully saturated rings. The average molecular weight is 217 g/mol. The van der Waals surface area contributed by atoms with Crippen LogP contribution in [0.2, 0.25) is 0 Å². The van der Waals surface area contributed by atoms with Crippen LogP contribution in [0.1, 0.15) is 25.1 Å². The minimum atomic E-state index is -4.48. The van der Waals surface area contributed by atoms with E-state index in [0.717, 1.165) is 6.07 Å². The lowest BCUT2D eigenvalue weighted by Gasteiger charge is -2.20. The Morgan fingerprint density at radius 2 is 1.93 bits per heavy atom. The van der Waals surface area contributed by atoms with Gasteiger partial charge in [-0.15, -0.1) is 0 Å². The normalized spacial score (nSPS) is 12.6. The third-order valence-corrected chi connectivity index (χ3v) is 2.02. The van der Waals surface area contributed by atoms with Gasteiger partial charge in [-0.3, -0.25) is 4.98 Å². The van der Waals surface area contributed by atoms with E-state index in [1.807, 2.05) is 0 Å². The van der Waals surface area contributed by atoms with Gasteiger partial charge in [-0.25, -0.2) is 0 Å². The molecule has 0 aliphatic heterocycles. The van der Waals surface area contributed by atoms with E-state index >= 15 is 0 Å². The second kappa shape index (κ2) is 3.64. The quantitative estimate of drug-likeness (QED) is 0.712. The lowest BCUT2D eigenvalue weighted by atomic mass is 9.87. The van der Waals surface area contributed by atoms with Crippen molar-refractivity contribution in [3.8, 4) is 0 Å². The Labute approximate surface area is 85.1 Å². The molecule has 0 spiro atoms. The van der Waals surface area contributed by atoms with Crippen LogP contribution in [0, 0.1) is 0 Å². The van der Waals surface area contributed by atoms with Gasteiger partial charge in [-0.2, -0.15) is 13.2 Å². The number of halogens is 3. The second-order valence-corrected chi connectivity index (χ2v) is 3.74. The van der Waals surface area contributed by atoms with Crippen LogP contribution < -0.4 is 0 Å². The number of aromatic nitrogens is 1. The number of alkyl halides is 3. The molecule has 5 heteroatoms. The van der Waals surface area contributed by atoms with Gasteiger partial charge < -0.3 is 4.79 Å². The van der Waals surface area contributed by atoms with Gasteiger partial charge in [0.25, 0.3) is 0 Å². The molecular formula is C10H10F3NO. The lowest BCUT2D eigenvalue weighted by Crippen LogP contribution is -2.25. The monoisotopic (exact) mass is 217 g/mol. The molecule has 0 amide bonds. The fourth-order valence-electron chi connectivity index (χ4n) is 1.20. The summed E-state index contributed by atoms with van der Waals surface area (Å²) in [5.41, 5.74) is -2.33. The maximum atomic E-state index is 12.6. The Morgan fingerprint density at radius 3 is 2.40 bits per heavy atom. The van der Waals surface area contributed by atoms with E-state index in [0.29, 0.717) is 6.29 Å². The van der Waals surface area contributed by atoms with Crippen molar-refractivity contribution in [3.63, 3.8) is 0 Å². The summed E-state index contributed by atoms with van der Waals surface area (Å²) in [6, 6.07) is 2.13. The zero-order valence-corrected chi connectivity index (χ0v) is 8.30. The largest absolute Gasteiger partial charge is 0.418 e. The highest BCUT2D eigenvalue weighted by atomic mass is 19.4. The molecule has 0 N–H and O–H groups in total. The van der Waals surface area contributed by atoms with Crippen LogP contribution in [0.3, 0.4) is 0 Å². The summed E-state index contributed by atoms with van der Waals surface area (Å²) in [6.07, 6.45) is -2.77. The van der Waals surface area contributed by atoms with Crippen molar-refractivity contribution in [1.29, 1.82) is 0 Å². The highest BCUT2D eigenvalue weighted by Gasteiger charge is 2.38. The van der Waals surface area contributed by atoms with Crippen molar-refractivity contribution in [2.24, 2.45) is 0 Å². The zero-order valence-electron chi connectivity index (χ0n) is 8.30. The molecule has 0 radical (unpaired) electrons. The van der Waals surface area contributed by atoms with E-state index in [1.54, 1.807) is 0 Å². The van der Waals surface area contributed by atoms with Gasteiger partial charge in [0.2, 0.25) is 0 Å². The smallest absolute Gasteiger partial charge is 0.302 e. The van der Waals surface area contributed by atoms with Gasteiger partial charge in [-0.05, 0) is 26.0 Å². The number of aldehydes is 1. The van der Waals surface area contributed by atoms with Crippen LogP contribution in [0.25, 0.3) is 0 Å². The van der Waals surface area contributed by atoms with Crippen LogP contribution in [0.5, 0.6) is 0 Å². The summed E-state index contributed by atoms with van der Waals surface area (Å²) in [5.74, 6) is 0. The molecule has 0 aliphatic rings. The van der Waals surface area contributed by atoms with E-state index in [-0.39, 0.29) is 5.69 Å². The van der Waals surface area contributed by atoms with E-state index in [4.69, 9.17) is 0 Å². The van der Waals surface area contributed by atoms with Gasteiger partial charge in [0.1, 0.15) is 6.29 Å². The average Bonchev–Trinajstić information content (AvgIpc) is 2.16. The van der Waals surface area contributed by atoms with Gasteiger partial charge in [0, 0.05) is 6.20 Å². The molecule has 0 aliphatic carbocycles. The first-order valence-corrected chi connectivity index (χ1v) is 4.28.